The van der Waals surface area contributed by atoms with Gasteiger partial charge in [-0.2, -0.15) is 0 Å². The zero-order chi connectivity index (χ0) is 40.6. The van der Waals surface area contributed by atoms with Crippen molar-refractivity contribution in [3.05, 3.63) is 241 Å². The molecular weight excluding hydrogens is 748 g/mol. The first kappa shape index (κ1) is 37.2. The van der Waals surface area contributed by atoms with Gasteiger partial charge < -0.3 is 9.80 Å². The lowest BCUT2D eigenvalue weighted by Crippen LogP contribution is -2.15. The lowest BCUT2D eigenvalue weighted by molar-refractivity contribution is 0.661. The molecule has 0 spiro atoms. The highest BCUT2D eigenvalue weighted by atomic mass is 35.5. The highest BCUT2D eigenvalue weighted by Crippen LogP contribution is 2.51. The summed E-state index contributed by atoms with van der Waals surface area (Å²) in [6, 6.07) is 80.3. The van der Waals surface area contributed by atoms with Gasteiger partial charge in [-0.15, -0.1) is 0 Å². The second-order valence-electron chi connectivity index (χ2n) is 16.0. The summed E-state index contributed by atoms with van der Waals surface area (Å²) in [5, 5.41) is 0.713. The molecule has 60 heavy (non-hydrogen) atoms. The summed E-state index contributed by atoms with van der Waals surface area (Å²) in [5.74, 6) is 0. The molecule has 0 heterocycles. The molecule has 0 saturated carbocycles. The topological polar surface area (TPSA) is 6.48 Å². The molecule has 288 valence electrons. The Morgan fingerprint density at radius 3 is 1.02 bits per heavy atom. The van der Waals surface area contributed by atoms with E-state index in [1.165, 1.54) is 55.6 Å². The summed E-state index contributed by atoms with van der Waals surface area (Å²) in [4.78, 5) is 4.54. The van der Waals surface area contributed by atoms with E-state index in [1.807, 2.05) is 24.3 Å². The minimum Gasteiger partial charge on any atom is -0.311 e. The summed E-state index contributed by atoms with van der Waals surface area (Å²) >= 11 is 6.45. The number of benzene rings is 9. The number of halogens is 1. The van der Waals surface area contributed by atoms with Crippen LogP contribution in [0.2, 0.25) is 5.02 Å². The molecule has 0 fully saturated rings. The van der Waals surface area contributed by atoms with Crippen LogP contribution in [0.15, 0.2) is 224 Å². The number of hydrogen-bond acceptors (Lipinski definition) is 2. The molecular formula is C57H43ClN2. The molecule has 2 nitrogen and oxygen atoms in total. The van der Waals surface area contributed by atoms with Crippen LogP contribution in [0.25, 0.3) is 44.5 Å². The summed E-state index contributed by atoms with van der Waals surface area (Å²) in [6.07, 6.45) is 0. The van der Waals surface area contributed by atoms with Crippen LogP contribution in [0.1, 0.15) is 25.0 Å². The van der Waals surface area contributed by atoms with Crippen molar-refractivity contribution in [3.8, 4) is 44.5 Å². The number of fused-ring (bicyclic) bond motifs is 3. The van der Waals surface area contributed by atoms with Crippen molar-refractivity contribution < 1.29 is 0 Å². The van der Waals surface area contributed by atoms with Crippen LogP contribution in [-0.2, 0) is 5.41 Å². The molecule has 0 saturated heterocycles. The second-order valence-corrected chi connectivity index (χ2v) is 16.4. The van der Waals surface area contributed by atoms with Crippen LogP contribution in [-0.4, -0.2) is 0 Å². The van der Waals surface area contributed by atoms with Gasteiger partial charge in [-0.1, -0.05) is 159 Å². The first-order valence-electron chi connectivity index (χ1n) is 20.5. The summed E-state index contributed by atoms with van der Waals surface area (Å²) in [7, 11) is 0. The van der Waals surface area contributed by atoms with Crippen LogP contribution in [0.4, 0.5) is 34.1 Å². The monoisotopic (exact) mass is 790 g/mol. The normalized spacial score (nSPS) is 12.4. The van der Waals surface area contributed by atoms with Gasteiger partial charge in [-0.05, 0) is 147 Å². The molecule has 10 rings (SSSR count). The molecule has 9 aromatic carbocycles. The van der Waals surface area contributed by atoms with Crippen LogP contribution in [0, 0.1) is 0 Å². The first-order valence-corrected chi connectivity index (χ1v) is 20.9. The fourth-order valence-corrected chi connectivity index (χ4v) is 8.98. The number of anilines is 6. The van der Waals surface area contributed by atoms with E-state index in [0.717, 1.165) is 34.1 Å². The summed E-state index contributed by atoms with van der Waals surface area (Å²) < 4.78 is 0. The zero-order valence-electron chi connectivity index (χ0n) is 33.6. The quantitative estimate of drug-likeness (QED) is 0.144. The molecule has 1 aliphatic carbocycles. The second kappa shape index (κ2) is 15.6. The third kappa shape index (κ3) is 6.96. The Balaban J connectivity index is 0.893. The molecule has 0 aromatic heterocycles. The maximum Gasteiger partial charge on any atom is 0.0476 e. The van der Waals surface area contributed by atoms with Crippen molar-refractivity contribution in [2.75, 3.05) is 9.80 Å². The van der Waals surface area contributed by atoms with E-state index in [0.29, 0.717) is 5.02 Å². The number of hydrogen-bond donors (Lipinski definition) is 0. The van der Waals surface area contributed by atoms with E-state index < -0.39 is 0 Å². The van der Waals surface area contributed by atoms with E-state index in [4.69, 9.17) is 11.6 Å². The summed E-state index contributed by atoms with van der Waals surface area (Å²) in [5.41, 5.74) is 19.0. The Morgan fingerprint density at radius 1 is 0.300 bits per heavy atom. The van der Waals surface area contributed by atoms with Gasteiger partial charge in [-0.25, -0.2) is 0 Å². The largest absolute Gasteiger partial charge is 0.311 e. The Labute approximate surface area is 358 Å². The van der Waals surface area contributed by atoms with Crippen molar-refractivity contribution in [2.24, 2.45) is 0 Å². The number of nitrogens with zero attached hydrogens (tertiary/aromatic N) is 2. The maximum absolute atomic E-state index is 6.45. The molecule has 0 unspecified atom stereocenters. The fraction of sp³-hybridized carbons (Fsp3) is 0.0526. The third-order valence-electron chi connectivity index (χ3n) is 11.9. The van der Waals surface area contributed by atoms with E-state index in [9.17, 15) is 0 Å². The van der Waals surface area contributed by atoms with Gasteiger partial charge in [0.25, 0.3) is 0 Å². The van der Waals surface area contributed by atoms with Crippen molar-refractivity contribution in [1.29, 1.82) is 0 Å². The SMILES string of the molecule is CC1(C)c2cc(-c3ccc(-c4ccc(N(c5ccccc5)c5ccccc5)cc4)cc3)ccc2-c2ccc(-c3ccc(N(c4ccccc4)c4cccc(Cl)c4)cc3)cc21. The first-order chi connectivity index (χ1) is 29.4. The van der Waals surface area contributed by atoms with Gasteiger partial charge >= 0.3 is 0 Å². The van der Waals surface area contributed by atoms with Crippen LogP contribution in [0.3, 0.4) is 0 Å². The van der Waals surface area contributed by atoms with E-state index in [2.05, 4.69) is 224 Å². The molecule has 9 aromatic rings. The molecule has 3 heteroatoms. The number of para-hydroxylation sites is 3. The zero-order valence-corrected chi connectivity index (χ0v) is 34.4. The van der Waals surface area contributed by atoms with Gasteiger partial charge in [-0.3, -0.25) is 0 Å². The van der Waals surface area contributed by atoms with Crippen LogP contribution < -0.4 is 9.80 Å². The average molecular weight is 791 g/mol. The molecule has 0 amide bonds. The smallest absolute Gasteiger partial charge is 0.0476 e. The molecule has 0 aliphatic heterocycles. The predicted octanol–water partition coefficient (Wildman–Crippen LogP) is 16.6. The average Bonchev–Trinajstić information content (AvgIpc) is 3.53. The molecule has 0 radical (unpaired) electrons. The van der Waals surface area contributed by atoms with Crippen molar-refractivity contribution >= 4 is 45.7 Å². The molecule has 0 atom stereocenters. The highest BCUT2D eigenvalue weighted by Gasteiger charge is 2.36. The fourth-order valence-electron chi connectivity index (χ4n) is 8.80. The van der Waals surface area contributed by atoms with E-state index >= 15 is 0 Å². The highest BCUT2D eigenvalue weighted by molar-refractivity contribution is 6.30. The Hall–Kier alpha value is -7.13. The van der Waals surface area contributed by atoms with Crippen molar-refractivity contribution in [2.45, 2.75) is 19.3 Å². The van der Waals surface area contributed by atoms with E-state index in [-0.39, 0.29) is 5.41 Å². The molecule has 1 aliphatic rings. The lowest BCUT2D eigenvalue weighted by atomic mass is 9.81. The Kier molecular flexibility index (Phi) is 9.64. The standard InChI is InChI=1S/C57H43ClN2/c1-57(2)55-37-44(42-23-21-40(22-24-42)41-25-31-50(32-26-41)59(47-14-6-3-7-15-47)48-16-8-4-9-17-48)29-35-53(55)54-36-30-45(38-56(54)57)43-27-33-51(34-28-43)60(49-18-10-5-11-19-49)52-20-12-13-46(58)39-52/h3-39H,1-2H3. The van der Waals surface area contributed by atoms with Crippen molar-refractivity contribution in [3.63, 3.8) is 0 Å². The third-order valence-corrected chi connectivity index (χ3v) is 12.2. The van der Waals surface area contributed by atoms with Gasteiger partial charge in [0.15, 0.2) is 0 Å². The summed E-state index contributed by atoms with van der Waals surface area (Å²) in [6.45, 7) is 4.72. The van der Waals surface area contributed by atoms with E-state index in [1.54, 1.807) is 0 Å². The molecule has 0 N–H and O–H groups in total. The Morgan fingerprint density at radius 2 is 0.617 bits per heavy atom. The van der Waals surface area contributed by atoms with Gasteiger partial charge in [0.1, 0.15) is 0 Å². The minimum atomic E-state index is -0.150. The lowest BCUT2D eigenvalue weighted by Gasteiger charge is -2.26. The maximum atomic E-state index is 6.45. The minimum absolute atomic E-state index is 0.150. The van der Waals surface area contributed by atoms with Gasteiger partial charge in [0.2, 0.25) is 0 Å². The van der Waals surface area contributed by atoms with Crippen LogP contribution >= 0.6 is 11.6 Å². The molecule has 0 bridgehead atoms. The van der Waals surface area contributed by atoms with Crippen LogP contribution in [0.5, 0.6) is 0 Å². The van der Waals surface area contributed by atoms with Gasteiger partial charge in [0, 0.05) is 44.6 Å². The Bertz CT molecular complexity index is 2880. The van der Waals surface area contributed by atoms with Gasteiger partial charge in [0.05, 0.1) is 0 Å². The predicted molar refractivity (Wildman–Crippen MR) is 255 cm³/mol. The number of rotatable bonds is 9. The van der Waals surface area contributed by atoms with Crippen molar-refractivity contribution in [1.82, 2.24) is 0 Å².